The minimum atomic E-state index is -0.325. The summed E-state index contributed by atoms with van der Waals surface area (Å²) in [5.74, 6) is 0. The summed E-state index contributed by atoms with van der Waals surface area (Å²) in [6.07, 6.45) is 0. The quantitative estimate of drug-likeness (QED) is 0.594. The van der Waals surface area contributed by atoms with Crippen LogP contribution in [0.4, 0.5) is 0 Å². The minimum Gasteiger partial charge on any atom is -0.399 e. The first-order valence-corrected chi connectivity index (χ1v) is 7.37. The van der Waals surface area contributed by atoms with Crippen molar-refractivity contribution < 1.29 is 18.8 Å². The monoisotopic (exact) mass is 292 g/mol. The normalized spacial score (nSPS) is 20.0. The van der Waals surface area contributed by atoms with Crippen molar-refractivity contribution in [2.75, 3.05) is 20.3 Å². The molecule has 0 aromatic heterocycles. The van der Waals surface area contributed by atoms with Gasteiger partial charge in [-0.1, -0.05) is 24.3 Å². The molecule has 1 fully saturated rings. The van der Waals surface area contributed by atoms with Gasteiger partial charge in [-0.25, -0.2) is 0 Å². The second-order valence-electron chi connectivity index (χ2n) is 6.38. The Hall–Kier alpha value is -0.875. The molecule has 4 nitrogen and oxygen atoms in total. The predicted octanol–water partition coefficient (Wildman–Crippen LogP) is 2.15. The molecule has 1 heterocycles. The Morgan fingerprint density at radius 3 is 2.33 bits per heavy atom. The average Bonchev–Trinajstić information content (AvgIpc) is 2.64. The molecule has 0 amide bonds. The Balaban J connectivity index is 2.02. The van der Waals surface area contributed by atoms with Crippen molar-refractivity contribution in [2.24, 2.45) is 0 Å². The van der Waals surface area contributed by atoms with Gasteiger partial charge < -0.3 is 18.8 Å². The average molecular weight is 292 g/mol. The van der Waals surface area contributed by atoms with Crippen molar-refractivity contribution in [3.05, 3.63) is 29.8 Å². The fourth-order valence-electron chi connectivity index (χ4n) is 2.14. The van der Waals surface area contributed by atoms with Crippen LogP contribution in [0.1, 0.15) is 33.3 Å². The number of hydrogen-bond donors (Lipinski definition) is 0. The SMILES string of the molecule is COCCOCc1cccc(B2OC(C)(C)C(C)(C)O2)c1. The van der Waals surface area contributed by atoms with Gasteiger partial charge in [0.2, 0.25) is 0 Å². The third-order valence-corrected chi connectivity index (χ3v) is 4.18. The van der Waals surface area contributed by atoms with E-state index in [1.54, 1.807) is 7.11 Å². The van der Waals surface area contributed by atoms with Crippen LogP contribution in [0.3, 0.4) is 0 Å². The van der Waals surface area contributed by atoms with Crippen LogP contribution in [0.5, 0.6) is 0 Å². The Bertz CT molecular complexity index is 457. The van der Waals surface area contributed by atoms with E-state index in [2.05, 4.69) is 33.8 Å². The Labute approximate surface area is 127 Å². The molecule has 1 aromatic rings. The highest BCUT2D eigenvalue weighted by atomic mass is 16.7. The first-order valence-electron chi connectivity index (χ1n) is 7.37. The lowest BCUT2D eigenvalue weighted by atomic mass is 9.78. The molecule has 2 rings (SSSR count). The van der Waals surface area contributed by atoms with E-state index in [4.69, 9.17) is 18.8 Å². The Morgan fingerprint density at radius 1 is 1.05 bits per heavy atom. The van der Waals surface area contributed by atoms with Gasteiger partial charge in [-0.3, -0.25) is 0 Å². The third kappa shape index (κ3) is 3.86. The lowest BCUT2D eigenvalue weighted by Gasteiger charge is -2.32. The van der Waals surface area contributed by atoms with Crippen LogP contribution in [-0.4, -0.2) is 38.6 Å². The number of benzene rings is 1. The smallest absolute Gasteiger partial charge is 0.399 e. The minimum absolute atomic E-state index is 0.317. The maximum atomic E-state index is 6.07. The van der Waals surface area contributed by atoms with Crippen molar-refractivity contribution in [2.45, 2.75) is 45.5 Å². The molecule has 0 spiro atoms. The van der Waals surface area contributed by atoms with Crippen molar-refractivity contribution in [1.82, 2.24) is 0 Å². The fraction of sp³-hybridized carbons (Fsp3) is 0.625. The van der Waals surface area contributed by atoms with E-state index in [0.29, 0.717) is 19.8 Å². The fourth-order valence-corrected chi connectivity index (χ4v) is 2.14. The molecule has 1 aliphatic rings. The predicted molar refractivity (Wildman–Crippen MR) is 83.7 cm³/mol. The van der Waals surface area contributed by atoms with Gasteiger partial charge in [-0.2, -0.15) is 0 Å². The van der Waals surface area contributed by atoms with Crippen LogP contribution in [0.25, 0.3) is 0 Å². The van der Waals surface area contributed by atoms with Crippen LogP contribution >= 0.6 is 0 Å². The second-order valence-corrected chi connectivity index (χ2v) is 6.38. The van der Waals surface area contributed by atoms with Gasteiger partial charge in [-0.15, -0.1) is 0 Å². The van der Waals surface area contributed by atoms with Crippen molar-refractivity contribution >= 4 is 12.6 Å². The van der Waals surface area contributed by atoms with E-state index in [0.717, 1.165) is 11.0 Å². The molecular formula is C16H25BO4. The van der Waals surface area contributed by atoms with E-state index in [9.17, 15) is 0 Å². The highest BCUT2D eigenvalue weighted by Gasteiger charge is 2.51. The number of ether oxygens (including phenoxy) is 2. The molecule has 116 valence electrons. The maximum Gasteiger partial charge on any atom is 0.494 e. The summed E-state index contributed by atoms with van der Waals surface area (Å²) in [6, 6.07) is 8.16. The van der Waals surface area contributed by atoms with E-state index >= 15 is 0 Å². The van der Waals surface area contributed by atoms with E-state index < -0.39 is 0 Å². The van der Waals surface area contributed by atoms with Gasteiger partial charge in [0.15, 0.2) is 0 Å². The van der Waals surface area contributed by atoms with Crippen LogP contribution in [0.15, 0.2) is 24.3 Å². The van der Waals surface area contributed by atoms with Crippen LogP contribution < -0.4 is 5.46 Å². The molecule has 21 heavy (non-hydrogen) atoms. The Morgan fingerprint density at radius 2 is 1.71 bits per heavy atom. The zero-order valence-electron chi connectivity index (χ0n) is 13.6. The molecule has 5 heteroatoms. The summed E-state index contributed by atoms with van der Waals surface area (Å²) in [5.41, 5.74) is 1.51. The highest BCUT2D eigenvalue weighted by molar-refractivity contribution is 6.62. The van der Waals surface area contributed by atoms with Crippen LogP contribution in [-0.2, 0) is 25.4 Å². The molecule has 0 radical (unpaired) electrons. The van der Waals surface area contributed by atoms with E-state index in [1.165, 1.54) is 0 Å². The van der Waals surface area contributed by atoms with Crippen molar-refractivity contribution in [1.29, 1.82) is 0 Å². The largest absolute Gasteiger partial charge is 0.494 e. The van der Waals surface area contributed by atoms with Crippen LogP contribution in [0, 0.1) is 0 Å². The van der Waals surface area contributed by atoms with Crippen molar-refractivity contribution in [3.63, 3.8) is 0 Å². The number of rotatable bonds is 6. The van der Waals surface area contributed by atoms with E-state index in [1.807, 2.05) is 18.2 Å². The molecule has 1 aliphatic heterocycles. The topological polar surface area (TPSA) is 36.9 Å². The number of methoxy groups -OCH3 is 1. The van der Waals surface area contributed by atoms with Gasteiger partial charge in [0.25, 0.3) is 0 Å². The molecule has 0 unspecified atom stereocenters. The van der Waals surface area contributed by atoms with Gasteiger partial charge >= 0.3 is 7.12 Å². The van der Waals surface area contributed by atoms with E-state index in [-0.39, 0.29) is 18.3 Å². The van der Waals surface area contributed by atoms with Crippen LogP contribution in [0.2, 0.25) is 0 Å². The summed E-state index contributed by atoms with van der Waals surface area (Å²) in [4.78, 5) is 0. The molecule has 1 saturated heterocycles. The molecular weight excluding hydrogens is 267 g/mol. The molecule has 0 atom stereocenters. The standard InChI is InChI=1S/C16H25BO4/c1-15(2)16(3,4)21-17(20-15)14-8-6-7-13(11-14)12-19-10-9-18-5/h6-8,11H,9-10,12H2,1-5H3. The molecule has 0 saturated carbocycles. The molecule has 1 aromatic carbocycles. The van der Waals surface area contributed by atoms with Gasteiger partial charge in [0.05, 0.1) is 31.0 Å². The number of hydrogen-bond acceptors (Lipinski definition) is 4. The highest BCUT2D eigenvalue weighted by Crippen LogP contribution is 2.36. The van der Waals surface area contributed by atoms with Gasteiger partial charge in [0.1, 0.15) is 0 Å². The molecule has 0 bridgehead atoms. The maximum absolute atomic E-state index is 6.07. The molecule has 0 N–H and O–H groups in total. The van der Waals surface area contributed by atoms with Gasteiger partial charge in [-0.05, 0) is 38.7 Å². The zero-order valence-corrected chi connectivity index (χ0v) is 13.6. The zero-order chi connectivity index (χ0) is 15.5. The summed E-state index contributed by atoms with van der Waals surface area (Å²) < 4.78 is 22.6. The van der Waals surface area contributed by atoms with Gasteiger partial charge in [0, 0.05) is 7.11 Å². The summed E-state index contributed by atoms with van der Waals surface area (Å²) in [6.45, 7) is 10.0. The summed E-state index contributed by atoms with van der Waals surface area (Å²) >= 11 is 0. The summed E-state index contributed by atoms with van der Waals surface area (Å²) in [5, 5.41) is 0. The first kappa shape index (κ1) is 16.5. The Kier molecular flexibility index (Phi) is 5.09. The lowest BCUT2D eigenvalue weighted by Crippen LogP contribution is -2.41. The van der Waals surface area contributed by atoms with Crippen molar-refractivity contribution in [3.8, 4) is 0 Å². The third-order valence-electron chi connectivity index (χ3n) is 4.18. The second kappa shape index (κ2) is 6.49. The lowest BCUT2D eigenvalue weighted by molar-refractivity contribution is 0.00578. The first-order chi connectivity index (χ1) is 9.86. The molecule has 0 aliphatic carbocycles. The summed E-state index contributed by atoms with van der Waals surface area (Å²) in [7, 11) is 1.34.